The maximum atomic E-state index is 12.4. The van der Waals surface area contributed by atoms with E-state index in [1.54, 1.807) is 0 Å². The van der Waals surface area contributed by atoms with E-state index < -0.39 is 0 Å². The number of hydrogen-bond donors (Lipinski definition) is 3. The molecule has 3 N–H and O–H groups in total. The predicted octanol–water partition coefficient (Wildman–Crippen LogP) is 3.91. The zero-order valence-electron chi connectivity index (χ0n) is 16.5. The zero-order chi connectivity index (χ0) is 20.6. The van der Waals surface area contributed by atoms with Crippen molar-refractivity contribution in [2.45, 2.75) is 31.8 Å². The van der Waals surface area contributed by atoms with Crippen molar-refractivity contribution in [3.05, 3.63) is 64.6 Å². The van der Waals surface area contributed by atoms with Gasteiger partial charge in [-0.2, -0.15) is 0 Å². The van der Waals surface area contributed by atoms with Crippen molar-refractivity contribution < 1.29 is 9.59 Å². The van der Waals surface area contributed by atoms with Crippen LogP contribution in [0.1, 0.15) is 31.4 Å². The molecule has 0 radical (unpaired) electrons. The number of nitrogens with zero attached hydrogens (tertiary/aromatic N) is 1. The molecular weight excluding hydrogens is 432 g/mol. The summed E-state index contributed by atoms with van der Waals surface area (Å²) in [5.41, 5.74) is 1.85. The van der Waals surface area contributed by atoms with Gasteiger partial charge in [0.2, 0.25) is 5.91 Å². The van der Waals surface area contributed by atoms with E-state index in [4.69, 9.17) is 0 Å². The van der Waals surface area contributed by atoms with Gasteiger partial charge in [0.1, 0.15) is 0 Å². The minimum Gasteiger partial charge on any atom is -0.348 e. The third-order valence-electron chi connectivity index (χ3n) is 5.07. The molecular formula is C22H27BrN4O2. The van der Waals surface area contributed by atoms with Crippen LogP contribution < -0.4 is 16.0 Å². The number of nitrogens with one attached hydrogen (secondary N) is 3. The van der Waals surface area contributed by atoms with E-state index >= 15 is 0 Å². The summed E-state index contributed by atoms with van der Waals surface area (Å²) in [5.74, 6) is 0.0219. The van der Waals surface area contributed by atoms with Gasteiger partial charge in [-0.05, 0) is 49.6 Å². The summed E-state index contributed by atoms with van der Waals surface area (Å²) in [6, 6.07) is 17.3. The Balaban J connectivity index is 1.37. The fourth-order valence-corrected chi connectivity index (χ4v) is 3.70. The van der Waals surface area contributed by atoms with E-state index in [-0.39, 0.29) is 24.0 Å². The molecule has 154 valence electrons. The first-order chi connectivity index (χ1) is 14.0. The molecule has 1 saturated heterocycles. The maximum absolute atomic E-state index is 12.4. The van der Waals surface area contributed by atoms with Crippen LogP contribution in [0.2, 0.25) is 0 Å². The molecule has 1 unspecified atom stereocenters. The van der Waals surface area contributed by atoms with Crippen LogP contribution in [-0.4, -0.2) is 42.5 Å². The van der Waals surface area contributed by atoms with E-state index in [1.165, 1.54) is 0 Å². The molecule has 3 amide bonds. The fraction of sp³-hybridized carbons (Fsp3) is 0.364. The average Bonchev–Trinajstić information content (AvgIpc) is 2.70. The van der Waals surface area contributed by atoms with Gasteiger partial charge in [0.15, 0.2) is 0 Å². The van der Waals surface area contributed by atoms with E-state index in [9.17, 15) is 9.59 Å². The number of anilines is 1. The number of amides is 3. The van der Waals surface area contributed by atoms with Crippen molar-refractivity contribution >= 4 is 33.6 Å². The number of benzene rings is 2. The molecule has 0 aliphatic carbocycles. The molecule has 1 heterocycles. The number of halogens is 1. The normalized spacial score (nSPS) is 16.1. The number of urea groups is 1. The molecule has 1 aliphatic heterocycles. The average molecular weight is 459 g/mol. The summed E-state index contributed by atoms with van der Waals surface area (Å²) in [7, 11) is 0. The second-order valence-corrected chi connectivity index (χ2v) is 8.27. The molecule has 1 atom stereocenters. The van der Waals surface area contributed by atoms with Gasteiger partial charge in [0, 0.05) is 29.3 Å². The van der Waals surface area contributed by atoms with E-state index in [2.05, 4.69) is 36.8 Å². The van der Waals surface area contributed by atoms with E-state index in [1.807, 2.05) is 61.5 Å². The van der Waals surface area contributed by atoms with Gasteiger partial charge >= 0.3 is 6.03 Å². The third kappa shape index (κ3) is 6.87. The third-order valence-corrected chi connectivity index (χ3v) is 5.60. The highest BCUT2D eigenvalue weighted by Gasteiger charge is 2.22. The maximum Gasteiger partial charge on any atom is 0.319 e. The standard InChI is InChI=1S/C22H27BrN4O2/c1-16(17-7-9-18(23)10-8-17)24-21(28)15-27-13-11-20(12-14-27)26-22(29)25-19-5-3-2-4-6-19/h2-10,16,20H,11-15H2,1H3,(H,24,28)(H2,25,26,29). The van der Waals surface area contributed by atoms with Crippen LogP contribution in [-0.2, 0) is 4.79 Å². The zero-order valence-corrected chi connectivity index (χ0v) is 18.1. The molecule has 0 bridgehead atoms. The first-order valence-corrected chi connectivity index (χ1v) is 10.7. The molecule has 2 aromatic rings. The second-order valence-electron chi connectivity index (χ2n) is 7.36. The summed E-state index contributed by atoms with van der Waals surface area (Å²) in [6.45, 7) is 3.94. The van der Waals surface area contributed by atoms with Crippen LogP contribution in [0.3, 0.4) is 0 Å². The Hall–Kier alpha value is -2.38. The SMILES string of the molecule is CC(NC(=O)CN1CCC(NC(=O)Nc2ccccc2)CC1)c1ccc(Br)cc1. The summed E-state index contributed by atoms with van der Waals surface area (Å²) < 4.78 is 1.02. The molecule has 2 aromatic carbocycles. The molecule has 1 fully saturated rings. The highest BCUT2D eigenvalue weighted by molar-refractivity contribution is 9.10. The summed E-state index contributed by atoms with van der Waals surface area (Å²) in [4.78, 5) is 26.6. The lowest BCUT2D eigenvalue weighted by molar-refractivity contribution is -0.123. The van der Waals surface area contributed by atoms with Crippen LogP contribution in [0.5, 0.6) is 0 Å². The fourth-order valence-electron chi connectivity index (χ4n) is 3.43. The first kappa shape index (κ1) is 21.3. The van der Waals surface area contributed by atoms with Crippen molar-refractivity contribution in [1.82, 2.24) is 15.5 Å². The Labute approximate surface area is 180 Å². The highest BCUT2D eigenvalue weighted by Crippen LogP contribution is 2.17. The number of carbonyl (C=O) groups is 2. The van der Waals surface area contributed by atoms with Gasteiger partial charge in [-0.25, -0.2) is 4.79 Å². The van der Waals surface area contributed by atoms with Crippen molar-refractivity contribution in [3.8, 4) is 0 Å². The van der Waals surface area contributed by atoms with E-state index in [0.29, 0.717) is 6.54 Å². The van der Waals surface area contributed by atoms with Gasteiger partial charge < -0.3 is 16.0 Å². The number of piperidine rings is 1. The summed E-state index contributed by atoms with van der Waals surface area (Å²) in [5, 5.41) is 8.92. The monoisotopic (exact) mass is 458 g/mol. The van der Waals surface area contributed by atoms with Crippen LogP contribution in [0, 0.1) is 0 Å². The Kier molecular flexibility index (Phi) is 7.66. The Morgan fingerprint density at radius 2 is 1.72 bits per heavy atom. The Bertz CT molecular complexity index is 805. The largest absolute Gasteiger partial charge is 0.348 e. The molecule has 7 heteroatoms. The van der Waals surface area contributed by atoms with Gasteiger partial charge in [0.05, 0.1) is 12.6 Å². The topological polar surface area (TPSA) is 73.5 Å². The molecule has 6 nitrogen and oxygen atoms in total. The highest BCUT2D eigenvalue weighted by atomic mass is 79.9. The van der Waals surface area contributed by atoms with E-state index in [0.717, 1.165) is 41.7 Å². The number of likely N-dealkylation sites (tertiary alicyclic amines) is 1. The Morgan fingerprint density at radius 3 is 2.38 bits per heavy atom. The lowest BCUT2D eigenvalue weighted by Crippen LogP contribution is -2.48. The summed E-state index contributed by atoms with van der Waals surface area (Å²) >= 11 is 3.42. The quantitative estimate of drug-likeness (QED) is 0.614. The lowest BCUT2D eigenvalue weighted by Gasteiger charge is -2.32. The van der Waals surface area contributed by atoms with Crippen molar-refractivity contribution in [1.29, 1.82) is 0 Å². The van der Waals surface area contributed by atoms with Crippen LogP contribution >= 0.6 is 15.9 Å². The lowest BCUT2D eigenvalue weighted by atomic mass is 10.1. The second kappa shape index (κ2) is 10.4. The van der Waals surface area contributed by atoms with Crippen LogP contribution in [0.25, 0.3) is 0 Å². The van der Waals surface area contributed by atoms with Crippen LogP contribution in [0.4, 0.5) is 10.5 Å². The number of hydrogen-bond acceptors (Lipinski definition) is 3. The predicted molar refractivity (Wildman–Crippen MR) is 119 cm³/mol. The molecule has 0 spiro atoms. The smallest absolute Gasteiger partial charge is 0.319 e. The number of para-hydroxylation sites is 1. The Morgan fingerprint density at radius 1 is 1.07 bits per heavy atom. The van der Waals surface area contributed by atoms with Gasteiger partial charge in [-0.1, -0.05) is 46.3 Å². The van der Waals surface area contributed by atoms with Crippen molar-refractivity contribution in [2.75, 3.05) is 25.0 Å². The minimum absolute atomic E-state index is 0.0219. The van der Waals surface area contributed by atoms with Crippen molar-refractivity contribution in [2.24, 2.45) is 0 Å². The molecule has 0 aromatic heterocycles. The van der Waals surface area contributed by atoms with Gasteiger partial charge in [0.25, 0.3) is 0 Å². The molecule has 29 heavy (non-hydrogen) atoms. The molecule has 1 aliphatic rings. The van der Waals surface area contributed by atoms with Crippen molar-refractivity contribution in [3.63, 3.8) is 0 Å². The minimum atomic E-state index is -0.185. The summed E-state index contributed by atoms with van der Waals surface area (Å²) in [6.07, 6.45) is 1.66. The molecule has 0 saturated carbocycles. The molecule has 3 rings (SSSR count). The van der Waals surface area contributed by atoms with Crippen LogP contribution in [0.15, 0.2) is 59.1 Å². The number of rotatable bonds is 6. The number of carbonyl (C=O) groups excluding carboxylic acids is 2. The van der Waals surface area contributed by atoms with Gasteiger partial charge in [-0.3, -0.25) is 9.69 Å². The van der Waals surface area contributed by atoms with Gasteiger partial charge in [-0.15, -0.1) is 0 Å². The first-order valence-electron chi connectivity index (χ1n) is 9.89.